The lowest BCUT2D eigenvalue weighted by molar-refractivity contribution is 0.0696. The summed E-state index contributed by atoms with van der Waals surface area (Å²) in [6, 6.07) is 4.72. The molecule has 0 bridgehead atoms. The molecule has 5 nitrogen and oxygen atoms in total. The smallest absolute Gasteiger partial charge is 0.335 e. The van der Waals surface area contributed by atoms with Gasteiger partial charge in [0.1, 0.15) is 4.88 Å². The molecule has 6 heteroatoms. The molecule has 0 aliphatic rings. The van der Waals surface area contributed by atoms with Crippen LogP contribution in [0.1, 0.15) is 43.9 Å². The summed E-state index contributed by atoms with van der Waals surface area (Å²) in [5, 5.41) is 12.7. The van der Waals surface area contributed by atoms with E-state index in [1.807, 2.05) is 0 Å². The van der Waals surface area contributed by atoms with Crippen LogP contribution in [0.25, 0.3) is 0 Å². The minimum atomic E-state index is -0.975. The zero-order valence-corrected chi connectivity index (χ0v) is 12.7. The predicted octanol–water partition coefficient (Wildman–Crippen LogP) is 3.35. The molecule has 0 spiro atoms. The van der Waals surface area contributed by atoms with E-state index in [9.17, 15) is 9.59 Å². The van der Waals surface area contributed by atoms with Gasteiger partial charge in [0.05, 0.1) is 16.8 Å². The van der Waals surface area contributed by atoms with Gasteiger partial charge in [-0.25, -0.2) is 9.78 Å². The lowest BCUT2D eigenvalue weighted by Crippen LogP contribution is -2.11. The number of nitrogens with zero attached hydrogens (tertiary/aromatic N) is 1. The third-order valence-electron chi connectivity index (χ3n) is 2.96. The molecule has 0 radical (unpaired) electrons. The minimum absolute atomic E-state index is 0.225. The number of aryl methyl sites for hydroxylation is 2. The van der Waals surface area contributed by atoms with Gasteiger partial charge in [-0.15, -0.1) is 11.3 Å². The van der Waals surface area contributed by atoms with Crippen molar-refractivity contribution in [3.63, 3.8) is 0 Å². The number of hydrogen-bond donors (Lipinski definition) is 2. The number of amides is 1. The highest BCUT2D eigenvalue weighted by Gasteiger charge is 2.12. The highest BCUT2D eigenvalue weighted by Crippen LogP contribution is 2.19. The van der Waals surface area contributed by atoms with Crippen molar-refractivity contribution < 1.29 is 14.7 Å². The van der Waals surface area contributed by atoms with Crippen LogP contribution in [0.5, 0.6) is 0 Å². The second-order valence-corrected chi connectivity index (χ2v) is 5.77. The number of aromatic carboxylic acids is 1. The number of aromatic nitrogens is 1. The van der Waals surface area contributed by atoms with Crippen LogP contribution in [0.4, 0.5) is 5.69 Å². The van der Waals surface area contributed by atoms with Crippen LogP contribution in [-0.4, -0.2) is 22.0 Å². The zero-order valence-electron chi connectivity index (χ0n) is 11.8. The third-order valence-corrected chi connectivity index (χ3v) is 4.01. The summed E-state index contributed by atoms with van der Waals surface area (Å²) in [6.45, 7) is 3.76. The Labute approximate surface area is 126 Å². The van der Waals surface area contributed by atoms with E-state index in [1.54, 1.807) is 25.3 Å². The van der Waals surface area contributed by atoms with E-state index in [1.165, 1.54) is 17.4 Å². The minimum Gasteiger partial charge on any atom is -0.478 e. The van der Waals surface area contributed by atoms with E-state index in [0.29, 0.717) is 16.1 Å². The van der Waals surface area contributed by atoms with Gasteiger partial charge in [0.25, 0.3) is 5.91 Å². The van der Waals surface area contributed by atoms with Crippen LogP contribution in [0.3, 0.4) is 0 Å². The van der Waals surface area contributed by atoms with Crippen molar-refractivity contribution in [2.24, 2.45) is 0 Å². The maximum atomic E-state index is 12.1. The van der Waals surface area contributed by atoms with Gasteiger partial charge >= 0.3 is 5.97 Å². The first-order chi connectivity index (χ1) is 10.0. The number of anilines is 1. The van der Waals surface area contributed by atoms with E-state index in [2.05, 4.69) is 17.2 Å². The molecule has 0 aliphatic heterocycles. The standard InChI is InChI=1S/C15H16N2O3S/c1-3-4-13-16-8-12(21-13)14(18)17-10-5-6-11(15(19)20)9(2)7-10/h5-8H,3-4H2,1-2H3,(H,17,18)(H,19,20). The summed E-state index contributed by atoms with van der Waals surface area (Å²) >= 11 is 1.38. The van der Waals surface area contributed by atoms with Crippen LogP contribution in [0, 0.1) is 6.92 Å². The first-order valence-electron chi connectivity index (χ1n) is 6.61. The molecule has 1 aromatic heterocycles. The van der Waals surface area contributed by atoms with E-state index >= 15 is 0 Å². The quantitative estimate of drug-likeness (QED) is 0.887. The van der Waals surface area contributed by atoms with Crippen molar-refractivity contribution in [1.29, 1.82) is 0 Å². The van der Waals surface area contributed by atoms with E-state index in [-0.39, 0.29) is 11.5 Å². The van der Waals surface area contributed by atoms with Crippen LogP contribution in [0.2, 0.25) is 0 Å². The second-order valence-electron chi connectivity index (χ2n) is 4.66. The molecule has 0 unspecified atom stereocenters. The van der Waals surface area contributed by atoms with E-state index < -0.39 is 5.97 Å². The topological polar surface area (TPSA) is 79.3 Å². The Morgan fingerprint density at radius 3 is 2.76 bits per heavy atom. The molecular formula is C15H16N2O3S. The van der Waals surface area contributed by atoms with Gasteiger partial charge < -0.3 is 10.4 Å². The summed E-state index contributed by atoms with van der Waals surface area (Å²) in [5.41, 5.74) is 1.42. The van der Waals surface area contributed by atoms with Crippen molar-refractivity contribution in [2.45, 2.75) is 26.7 Å². The fourth-order valence-electron chi connectivity index (χ4n) is 1.92. The molecule has 1 heterocycles. The number of thiazole rings is 1. The van der Waals surface area contributed by atoms with Gasteiger partial charge in [-0.1, -0.05) is 6.92 Å². The van der Waals surface area contributed by atoms with Gasteiger partial charge in [-0.2, -0.15) is 0 Å². The van der Waals surface area contributed by atoms with Crippen LogP contribution in [-0.2, 0) is 6.42 Å². The van der Waals surface area contributed by atoms with Crippen LogP contribution >= 0.6 is 11.3 Å². The number of hydrogen-bond acceptors (Lipinski definition) is 4. The number of carboxylic acid groups (broad SMARTS) is 1. The fourth-order valence-corrected chi connectivity index (χ4v) is 2.83. The average Bonchev–Trinajstić information content (AvgIpc) is 2.87. The molecule has 110 valence electrons. The van der Waals surface area contributed by atoms with Crippen molar-refractivity contribution in [2.75, 3.05) is 5.32 Å². The van der Waals surface area contributed by atoms with Crippen molar-refractivity contribution in [3.8, 4) is 0 Å². The summed E-state index contributed by atoms with van der Waals surface area (Å²) < 4.78 is 0. The predicted molar refractivity (Wildman–Crippen MR) is 82.2 cm³/mol. The number of benzene rings is 1. The Morgan fingerprint density at radius 1 is 1.38 bits per heavy atom. The average molecular weight is 304 g/mol. The van der Waals surface area contributed by atoms with Gasteiger partial charge in [0.15, 0.2) is 0 Å². The van der Waals surface area contributed by atoms with Gasteiger partial charge in [0.2, 0.25) is 0 Å². The van der Waals surface area contributed by atoms with Crippen molar-refractivity contribution >= 4 is 28.9 Å². The molecule has 0 fully saturated rings. The highest BCUT2D eigenvalue weighted by atomic mass is 32.1. The molecule has 2 N–H and O–H groups in total. The summed E-state index contributed by atoms with van der Waals surface area (Å²) in [7, 11) is 0. The molecule has 0 saturated heterocycles. The molecule has 0 aliphatic carbocycles. The summed E-state index contributed by atoms with van der Waals surface area (Å²) in [6.07, 6.45) is 3.43. The van der Waals surface area contributed by atoms with Gasteiger partial charge in [-0.3, -0.25) is 4.79 Å². The number of carboxylic acids is 1. The molecule has 0 atom stereocenters. The molecule has 1 aromatic carbocycles. The maximum Gasteiger partial charge on any atom is 0.335 e. The fraction of sp³-hybridized carbons (Fsp3) is 0.267. The Hall–Kier alpha value is -2.21. The lowest BCUT2D eigenvalue weighted by atomic mass is 10.1. The zero-order chi connectivity index (χ0) is 15.4. The molecule has 1 amide bonds. The second kappa shape index (κ2) is 6.49. The normalized spacial score (nSPS) is 10.4. The maximum absolute atomic E-state index is 12.1. The first-order valence-corrected chi connectivity index (χ1v) is 7.43. The summed E-state index contributed by atoms with van der Waals surface area (Å²) in [5.74, 6) is -1.20. The highest BCUT2D eigenvalue weighted by molar-refractivity contribution is 7.13. The van der Waals surface area contributed by atoms with Crippen LogP contribution < -0.4 is 5.32 Å². The SMILES string of the molecule is CCCc1ncc(C(=O)Nc2ccc(C(=O)O)c(C)c2)s1. The van der Waals surface area contributed by atoms with Crippen molar-refractivity contribution in [1.82, 2.24) is 4.98 Å². The Bertz CT molecular complexity index is 679. The van der Waals surface area contributed by atoms with Gasteiger partial charge in [0, 0.05) is 5.69 Å². The molecule has 2 aromatic rings. The van der Waals surface area contributed by atoms with Crippen LogP contribution in [0.15, 0.2) is 24.4 Å². The molecular weight excluding hydrogens is 288 g/mol. The molecule has 2 rings (SSSR count). The molecule has 21 heavy (non-hydrogen) atoms. The van der Waals surface area contributed by atoms with Gasteiger partial charge in [-0.05, 0) is 43.5 Å². The Balaban J connectivity index is 2.11. The number of rotatable bonds is 5. The Morgan fingerprint density at radius 2 is 2.14 bits per heavy atom. The van der Waals surface area contributed by atoms with Crippen molar-refractivity contribution in [3.05, 3.63) is 45.4 Å². The number of carbonyl (C=O) groups excluding carboxylic acids is 1. The van der Waals surface area contributed by atoms with E-state index in [4.69, 9.17) is 5.11 Å². The summed E-state index contributed by atoms with van der Waals surface area (Å²) in [4.78, 5) is 27.8. The third kappa shape index (κ3) is 3.66. The monoisotopic (exact) mass is 304 g/mol. The Kier molecular flexibility index (Phi) is 4.70. The largest absolute Gasteiger partial charge is 0.478 e. The lowest BCUT2D eigenvalue weighted by Gasteiger charge is -2.06. The number of nitrogens with one attached hydrogen (secondary N) is 1. The first kappa shape index (κ1) is 15.2. The van der Waals surface area contributed by atoms with E-state index in [0.717, 1.165) is 17.8 Å². The molecule has 0 saturated carbocycles. The number of carbonyl (C=O) groups is 2.